The van der Waals surface area contributed by atoms with E-state index in [1.54, 1.807) is 0 Å². The number of hydrogen-bond acceptors (Lipinski definition) is 3. The lowest BCUT2D eigenvalue weighted by Crippen LogP contribution is -1.89. The molecule has 0 heterocycles. The van der Waals surface area contributed by atoms with Gasteiger partial charge in [0.2, 0.25) is 0 Å². The van der Waals surface area contributed by atoms with Crippen molar-refractivity contribution in [2.24, 2.45) is 0 Å². The van der Waals surface area contributed by atoms with E-state index in [0.717, 1.165) is 0 Å². The van der Waals surface area contributed by atoms with E-state index in [-0.39, 0.29) is 13.6 Å². The third-order valence-electron chi connectivity index (χ3n) is 0. The predicted octanol–water partition coefficient (Wildman–Crippen LogP) is 0.145. The molecular formula is CH9NO4S. The summed E-state index contributed by atoms with van der Waals surface area (Å²) >= 11 is 0. The molecule has 0 atom stereocenters. The molecule has 5 nitrogen and oxygen atoms in total. The van der Waals surface area contributed by atoms with Crippen LogP contribution < -0.4 is 6.15 Å². The largest absolute Gasteiger partial charge is 0.394 e. The third kappa shape index (κ3) is 2960. The molecule has 0 rings (SSSR count). The second-order valence-electron chi connectivity index (χ2n) is 0.448. The monoisotopic (exact) mass is 131 g/mol. The molecule has 0 saturated heterocycles. The van der Waals surface area contributed by atoms with Crippen LogP contribution in [0.3, 0.4) is 0 Å². The fourth-order valence-electron chi connectivity index (χ4n) is 0. The van der Waals surface area contributed by atoms with Crippen LogP contribution >= 0.6 is 0 Å². The Morgan fingerprint density at radius 1 is 1.14 bits per heavy atom. The van der Waals surface area contributed by atoms with Gasteiger partial charge in [-0.3, -0.25) is 9.11 Å². The zero-order valence-electron chi connectivity index (χ0n) is 2.83. The minimum absolute atomic E-state index is 0. The highest BCUT2D eigenvalue weighted by molar-refractivity contribution is 7.79. The average Bonchev–Trinajstić information content (AvgIpc) is 0.722. The molecule has 0 aliphatic heterocycles. The van der Waals surface area contributed by atoms with Gasteiger partial charge in [-0.05, 0) is 0 Å². The molecule has 0 amide bonds. The first-order valence-electron chi connectivity index (χ1n) is 0.698. The molecule has 0 aromatic heterocycles. The van der Waals surface area contributed by atoms with Crippen molar-refractivity contribution in [3.8, 4) is 0 Å². The van der Waals surface area contributed by atoms with Crippen molar-refractivity contribution in [3.63, 3.8) is 0 Å². The maximum Gasteiger partial charge on any atom is 0.394 e. The van der Waals surface area contributed by atoms with Gasteiger partial charge >= 0.3 is 10.4 Å². The first-order chi connectivity index (χ1) is 2.00. The van der Waals surface area contributed by atoms with E-state index in [9.17, 15) is 0 Å². The van der Waals surface area contributed by atoms with Crippen molar-refractivity contribution in [1.82, 2.24) is 6.15 Å². The zero-order valence-corrected chi connectivity index (χ0v) is 3.64. The Morgan fingerprint density at radius 2 is 1.14 bits per heavy atom. The van der Waals surface area contributed by atoms with Crippen molar-refractivity contribution in [2.45, 2.75) is 7.43 Å². The Hall–Kier alpha value is -0.170. The molecule has 7 heavy (non-hydrogen) atoms. The van der Waals surface area contributed by atoms with Gasteiger partial charge in [0.1, 0.15) is 0 Å². The molecule has 5 N–H and O–H groups in total. The van der Waals surface area contributed by atoms with Crippen LogP contribution in [0.15, 0.2) is 0 Å². The molecular weight excluding hydrogens is 122 g/mol. The Kier molecular flexibility index (Phi) is 9.05. The van der Waals surface area contributed by atoms with E-state index < -0.39 is 10.4 Å². The summed E-state index contributed by atoms with van der Waals surface area (Å²) in [4.78, 5) is 0. The molecule has 0 bridgehead atoms. The van der Waals surface area contributed by atoms with Crippen LogP contribution in [0.4, 0.5) is 0 Å². The highest BCUT2D eigenvalue weighted by atomic mass is 32.3. The number of rotatable bonds is 0. The van der Waals surface area contributed by atoms with Crippen LogP contribution in [0.1, 0.15) is 7.43 Å². The van der Waals surface area contributed by atoms with E-state index in [2.05, 4.69) is 0 Å². The third-order valence-corrected chi connectivity index (χ3v) is 0. The summed E-state index contributed by atoms with van der Waals surface area (Å²) in [6.07, 6.45) is 0. The molecule has 0 saturated carbocycles. The molecule has 0 aliphatic carbocycles. The molecule has 0 spiro atoms. The van der Waals surface area contributed by atoms with Gasteiger partial charge in [0.05, 0.1) is 0 Å². The van der Waals surface area contributed by atoms with Crippen molar-refractivity contribution < 1.29 is 17.5 Å². The van der Waals surface area contributed by atoms with E-state index >= 15 is 0 Å². The lowest BCUT2D eigenvalue weighted by atomic mass is 12.0. The van der Waals surface area contributed by atoms with E-state index in [1.807, 2.05) is 0 Å². The second-order valence-corrected chi connectivity index (χ2v) is 1.34. The quantitative estimate of drug-likeness (QED) is 0.405. The first-order valence-corrected chi connectivity index (χ1v) is 2.10. The standard InChI is InChI=1S/CH4.H3N.H2O4S/c;;1-5(2,3)4/h1H4;1H3;(H2,1,2,3,4). The highest BCUT2D eigenvalue weighted by Gasteiger charge is 1.84. The molecule has 0 aromatic carbocycles. The van der Waals surface area contributed by atoms with Crippen LogP contribution in [0.2, 0.25) is 0 Å². The molecule has 48 valence electrons. The summed E-state index contributed by atoms with van der Waals surface area (Å²) in [6, 6.07) is 0. The van der Waals surface area contributed by atoms with Crippen LogP contribution in [0, 0.1) is 0 Å². The van der Waals surface area contributed by atoms with E-state index in [4.69, 9.17) is 17.5 Å². The molecule has 0 fully saturated rings. The fraction of sp³-hybridized carbons (Fsp3) is 1.00. The summed E-state index contributed by atoms with van der Waals surface area (Å²) in [5.74, 6) is 0. The van der Waals surface area contributed by atoms with Gasteiger partial charge in [0.25, 0.3) is 0 Å². The Balaban J connectivity index is -0.0000000800. The first kappa shape index (κ1) is 15.8. The van der Waals surface area contributed by atoms with Crippen LogP contribution in [0.25, 0.3) is 0 Å². The summed E-state index contributed by atoms with van der Waals surface area (Å²) < 4.78 is 31.6. The lowest BCUT2D eigenvalue weighted by molar-refractivity contribution is 0.381. The van der Waals surface area contributed by atoms with Crippen LogP contribution in [-0.4, -0.2) is 17.5 Å². The van der Waals surface area contributed by atoms with Crippen LogP contribution in [-0.2, 0) is 10.4 Å². The second kappa shape index (κ2) is 4.00. The van der Waals surface area contributed by atoms with Gasteiger partial charge in [0.15, 0.2) is 0 Å². The Morgan fingerprint density at radius 3 is 1.14 bits per heavy atom. The average molecular weight is 131 g/mol. The number of hydrogen-bond donors (Lipinski definition) is 3. The van der Waals surface area contributed by atoms with Gasteiger partial charge < -0.3 is 6.15 Å². The SMILES string of the molecule is C.N.O=S(=O)(O)O. The topological polar surface area (TPSA) is 110 Å². The van der Waals surface area contributed by atoms with E-state index in [0.29, 0.717) is 0 Å². The van der Waals surface area contributed by atoms with Crippen LogP contribution in [0.5, 0.6) is 0 Å². The Bertz CT molecular complexity index is 94.9. The van der Waals surface area contributed by atoms with Gasteiger partial charge in [0, 0.05) is 0 Å². The summed E-state index contributed by atoms with van der Waals surface area (Å²) in [5.41, 5.74) is 0. The smallest absolute Gasteiger partial charge is 0.344 e. The molecule has 0 aliphatic rings. The van der Waals surface area contributed by atoms with Crippen molar-refractivity contribution in [1.29, 1.82) is 0 Å². The highest BCUT2D eigenvalue weighted by Crippen LogP contribution is 1.59. The molecule has 0 aromatic rings. The maximum atomic E-state index is 8.74. The predicted molar refractivity (Wildman–Crippen MR) is 25.9 cm³/mol. The molecule has 0 radical (unpaired) electrons. The van der Waals surface area contributed by atoms with Crippen molar-refractivity contribution in [2.75, 3.05) is 0 Å². The zero-order chi connectivity index (χ0) is 4.50. The summed E-state index contributed by atoms with van der Waals surface area (Å²) in [5, 5.41) is 0. The lowest BCUT2D eigenvalue weighted by Gasteiger charge is -1.68. The minimum Gasteiger partial charge on any atom is -0.344 e. The molecule has 6 heteroatoms. The normalized spacial score (nSPS) is 8.29. The van der Waals surface area contributed by atoms with Gasteiger partial charge in [-0.25, -0.2) is 0 Å². The summed E-state index contributed by atoms with van der Waals surface area (Å²) in [7, 11) is -4.67. The maximum absolute atomic E-state index is 8.74. The fourth-order valence-corrected chi connectivity index (χ4v) is 0. The van der Waals surface area contributed by atoms with Crippen molar-refractivity contribution >= 4 is 10.4 Å². The van der Waals surface area contributed by atoms with Gasteiger partial charge in [-0.1, -0.05) is 7.43 Å². The Labute approximate surface area is 42.5 Å². The summed E-state index contributed by atoms with van der Waals surface area (Å²) in [6.45, 7) is 0. The minimum atomic E-state index is -4.67. The van der Waals surface area contributed by atoms with E-state index in [1.165, 1.54) is 0 Å². The van der Waals surface area contributed by atoms with Gasteiger partial charge in [-0.2, -0.15) is 8.42 Å². The van der Waals surface area contributed by atoms with Gasteiger partial charge in [-0.15, -0.1) is 0 Å². The van der Waals surface area contributed by atoms with Crippen molar-refractivity contribution in [3.05, 3.63) is 0 Å². The molecule has 0 unspecified atom stereocenters.